The summed E-state index contributed by atoms with van der Waals surface area (Å²) in [5, 5.41) is 9.11. The summed E-state index contributed by atoms with van der Waals surface area (Å²) in [4.78, 5) is 15.9. The van der Waals surface area contributed by atoms with Gasteiger partial charge in [0.15, 0.2) is 6.61 Å². The van der Waals surface area contributed by atoms with Crippen LogP contribution < -0.4 is 5.48 Å². The van der Waals surface area contributed by atoms with Crippen molar-refractivity contribution in [3.05, 3.63) is 0 Å². The van der Waals surface area contributed by atoms with Gasteiger partial charge in [-0.1, -0.05) is 25.7 Å². The fourth-order valence-corrected chi connectivity index (χ4v) is 2.00. The second-order valence-corrected chi connectivity index (χ2v) is 4.44. The molecule has 0 bridgehead atoms. The summed E-state index contributed by atoms with van der Waals surface area (Å²) in [7, 11) is 0. The van der Waals surface area contributed by atoms with Gasteiger partial charge in [0, 0.05) is 0 Å². The van der Waals surface area contributed by atoms with Gasteiger partial charge in [-0.15, -0.1) is 0 Å². The third-order valence-corrected chi connectivity index (χ3v) is 3.01. The second kappa shape index (κ2) is 6.05. The van der Waals surface area contributed by atoms with Gasteiger partial charge < -0.3 is 0 Å². The minimum atomic E-state index is -4.50. The molecule has 0 aromatic rings. The highest BCUT2D eigenvalue weighted by molar-refractivity contribution is 5.84. The molecule has 0 aromatic carbocycles. The Bertz CT molecular complexity index is 328. The first-order valence-electron chi connectivity index (χ1n) is 5.80. The highest BCUT2D eigenvalue weighted by atomic mass is 19.4. The normalized spacial score (nSPS) is 19.7. The molecule has 1 saturated carbocycles. The molecule has 0 heterocycles. The lowest BCUT2D eigenvalue weighted by Crippen LogP contribution is -2.41. The zero-order valence-corrected chi connectivity index (χ0v) is 9.85. The number of halogens is 3. The van der Waals surface area contributed by atoms with Crippen molar-refractivity contribution in [2.24, 2.45) is 5.41 Å². The number of nitrogens with zero attached hydrogens (tertiary/aromatic N) is 1. The van der Waals surface area contributed by atoms with Gasteiger partial charge in [0.1, 0.15) is 5.41 Å². The van der Waals surface area contributed by atoms with Gasteiger partial charge in [-0.3, -0.25) is 9.63 Å². The van der Waals surface area contributed by atoms with E-state index in [-0.39, 0.29) is 0 Å². The maximum atomic E-state index is 11.8. The Hall–Kier alpha value is -1.29. The molecule has 0 radical (unpaired) electrons. The molecule has 0 atom stereocenters. The lowest BCUT2D eigenvalue weighted by Gasteiger charge is -2.23. The van der Waals surface area contributed by atoms with Crippen molar-refractivity contribution < 1.29 is 22.8 Å². The zero-order valence-electron chi connectivity index (χ0n) is 9.85. The molecule has 0 unspecified atom stereocenters. The average molecular weight is 264 g/mol. The first kappa shape index (κ1) is 14.8. The van der Waals surface area contributed by atoms with Crippen LogP contribution in [0.1, 0.15) is 38.5 Å². The van der Waals surface area contributed by atoms with Gasteiger partial charge in [0.25, 0.3) is 5.91 Å². The van der Waals surface area contributed by atoms with Gasteiger partial charge in [0.05, 0.1) is 6.07 Å². The van der Waals surface area contributed by atoms with Crippen LogP contribution in [-0.4, -0.2) is 18.7 Å². The molecule has 0 aromatic heterocycles. The van der Waals surface area contributed by atoms with Crippen LogP contribution in [-0.2, 0) is 9.63 Å². The van der Waals surface area contributed by atoms with E-state index in [0.29, 0.717) is 12.8 Å². The van der Waals surface area contributed by atoms with Crippen molar-refractivity contribution in [1.29, 1.82) is 5.26 Å². The summed E-state index contributed by atoms with van der Waals surface area (Å²) in [5.41, 5.74) is 0.499. The fraction of sp³-hybridized carbons (Fsp3) is 0.818. The summed E-state index contributed by atoms with van der Waals surface area (Å²) in [6.45, 7) is -1.56. The van der Waals surface area contributed by atoms with Gasteiger partial charge >= 0.3 is 6.18 Å². The number of hydrogen-bond acceptors (Lipinski definition) is 3. The number of rotatable bonds is 3. The molecule has 1 amide bonds. The molecule has 0 aliphatic heterocycles. The topological polar surface area (TPSA) is 62.1 Å². The Morgan fingerprint density at radius 1 is 1.28 bits per heavy atom. The van der Waals surface area contributed by atoms with E-state index < -0.39 is 24.1 Å². The molecule has 0 spiro atoms. The number of hydroxylamine groups is 1. The monoisotopic (exact) mass is 264 g/mol. The van der Waals surface area contributed by atoms with E-state index in [2.05, 4.69) is 4.84 Å². The average Bonchev–Trinajstić information content (AvgIpc) is 2.53. The molecule has 4 nitrogen and oxygen atoms in total. The van der Waals surface area contributed by atoms with Crippen LogP contribution >= 0.6 is 0 Å². The van der Waals surface area contributed by atoms with Crippen molar-refractivity contribution in [1.82, 2.24) is 5.48 Å². The van der Waals surface area contributed by atoms with Crippen LogP contribution in [0.3, 0.4) is 0 Å². The van der Waals surface area contributed by atoms with Gasteiger partial charge in [-0.25, -0.2) is 5.48 Å². The number of nitriles is 1. The zero-order chi connectivity index (χ0) is 13.6. The molecule has 1 aliphatic carbocycles. The highest BCUT2D eigenvalue weighted by Gasteiger charge is 2.39. The molecule has 1 aliphatic rings. The Morgan fingerprint density at radius 2 is 1.83 bits per heavy atom. The summed E-state index contributed by atoms with van der Waals surface area (Å²) < 4.78 is 35.5. The van der Waals surface area contributed by atoms with Crippen molar-refractivity contribution in [3.63, 3.8) is 0 Å². The molecule has 1 rings (SSSR count). The molecule has 0 saturated heterocycles. The summed E-state index contributed by atoms with van der Waals surface area (Å²) in [6.07, 6.45) is -0.466. The van der Waals surface area contributed by atoms with Crippen LogP contribution in [0.25, 0.3) is 0 Å². The van der Waals surface area contributed by atoms with Gasteiger partial charge in [-0.2, -0.15) is 18.4 Å². The molecular weight excluding hydrogens is 249 g/mol. The third kappa shape index (κ3) is 4.18. The van der Waals surface area contributed by atoms with E-state index in [4.69, 9.17) is 5.26 Å². The number of hydrogen-bond donors (Lipinski definition) is 1. The predicted octanol–water partition coefficient (Wildman–Crippen LogP) is 2.46. The first-order valence-corrected chi connectivity index (χ1v) is 5.80. The van der Waals surface area contributed by atoms with E-state index in [1.165, 1.54) is 0 Å². The molecule has 1 fully saturated rings. The van der Waals surface area contributed by atoms with Crippen LogP contribution in [0.4, 0.5) is 13.2 Å². The number of carbonyl (C=O) groups is 1. The van der Waals surface area contributed by atoms with Crippen LogP contribution in [0.5, 0.6) is 0 Å². The molecule has 18 heavy (non-hydrogen) atoms. The summed E-state index contributed by atoms with van der Waals surface area (Å²) in [5.74, 6) is -0.767. The van der Waals surface area contributed by atoms with E-state index >= 15 is 0 Å². The van der Waals surface area contributed by atoms with Gasteiger partial charge in [0.2, 0.25) is 0 Å². The van der Waals surface area contributed by atoms with Crippen molar-refractivity contribution in [2.45, 2.75) is 44.7 Å². The first-order chi connectivity index (χ1) is 8.40. The van der Waals surface area contributed by atoms with Crippen LogP contribution in [0.15, 0.2) is 0 Å². The fourth-order valence-electron chi connectivity index (χ4n) is 2.00. The maximum absolute atomic E-state index is 11.8. The smallest absolute Gasteiger partial charge is 0.271 e. The van der Waals surface area contributed by atoms with Crippen LogP contribution in [0.2, 0.25) is 0 Å². The largest absolute Gasteiger partial charge is 0.414 e. The SMILES string of the molecule is N#CC1(C(=O)NOCC(F)(F)F)CCCCCC1. The summed E-state index contributed by atoms with van der Waals surface area (Å²) in [6, 6.07) is 1.93. The standard InChI is InChI=1S/C11H15F3N2O2/c12-11(13,14)8-18-16-9(17)10(7-15)5-3-1-2-4-6-10/h1-6,8H2,(H,16,17). The number of amides is 1. The summed E-state index contributed by atoms with van der Waals surface area (Å²) >= 11 is 0. The highest BCUT2D eigenvalue weighted by Crippen LogP contribution is 2.34. The molecule has 1 N–H and O–H groups in total. The van der Waals surface area contributed by atoms with Crippen molar-refractivity contribution in [3.8, 4) is 6.07 Å². The number of nitrogens with one attached hydrogen (secondary N) is 1. The molecular formula is C11H15F3N2O2. The Balaban J connectivity index is 2.54. The molecule has 102 valence electrons. The van der Waals surface area contributed by atoms with Crippen molar-refractivity contribution >= 4 is 5.91 Å². The van der Waals surface area contributed by atoms with Gasteiger partial charge in [-0.05, 0) is 12.8 Å². The maximum Gasteiger partial charge on any atom is 0.414 e. The van der Waals surface area contributed by atoms with E-state index in [1.807, 2.05) is 6.07 Å². The van der Waals surface area contributed by atoms with E-state index in [1.54, 1.807) is 5.48 Å². The van der Waals surface area contributed by atoms with E-state index in [0.717, 1.165) is 25.7 Å². The lowest BCUT2D eigenvalue weighted by atomic mass is 9.81. The number of alkyl halides is 3. The third-order valence-electron chi connectivity index (χ3n) is 3.01. The Morgan fingerprint density at radius 3 is 2.28 bits per heavy atom. The minimum absolute atomic E-state index is 0.366. The minimum Gasteiger partial charge on any atom is -0.271 e. The predicted molar refractivity (Wildman–Crippen MR) is 55.9 cm³/mol. The second-order valence-electron chi connectivity index (χ2n) is 4.44. The lowest BCUT2D eigenvalue weighted by molar-refractivity contribution is -0.193. The van der Waals surface area contributed by atoms with Crippen LogP contribution in [0, 0.1) is 16.7 Å². The van der Waals surface area contributed by atoms with Crippen molar-refractivity contribution in [2.75, 3.05) is 6.61 Å². The van der Waals surface area contributed by atoms with E-state index in [9.17, 15) is 18.0 Å². The Kier molecular flexibility index (Phi) is 4.96. The molecule has 7 heteroatoms. The quantitative estimate of drug-likeness (QED) is 0.629. The number of carbonyl (C=O) groups excluding carboxylic acids is 1. The Labute approximate surface area is 103 Å².